The predicted molar refractivity (Wildman–Crippen MR) is 250 cm³/mol. The third-order valence-corrected chi connectivity index (χ3v) is 12.4. The minimum atomic E-state index is -0.778. The summed E-state index contributed by atoms with van der Waals surface area (Å²) >= 11 is 0. The fourth-order valence-corrected chi connectivity index (χ4v) is 8.43. The van der Waals surface area contributed by atoms with Crippen molar-refractivity contribution >= 4 is 11.9 Å². The van der Waals surface area contributed by atoms with Gasteiger partial charge in [0.2, 0.25) is 5.91 Å². The van der Waals surface area contributed by atoms with Gasteiger partial charge in [-0.3, -0.25) is 9.59 Å². The summed E-state index contributed by atoms with van der Waals surface area (Å²) < 4.78 is 5.93. The first-order chi connectivity index (χ1) is 28.5. The van der Waals surface area contributed by atoms with E-state index in [1.54, 1.807) is 0 Å². The maximum Gasteiger partial charge on any atom is 0.306 e. The number of rotatable bonds is 48. The Morgan fingerprint density at radius 3 is 1.05 bits per heavy atom. The van der Waals surface area contributed by atoms with Crippen molar-refractivity contribution in [1.29, 1.82) is 0 Å². The molecular weight excluding hydrogens is 719 g/mol. The highest BCUT2D eigenvalue weighted by Crippen LogP contribution is 2.19. The van der Waals surface area contributed by atoms with Gasteiger partial charge in [-0.1, -0.05) is 258 Å². The Labute approximate surface area is 362 Å². The molecule has 346 valence electrons. The van der Waals surface area contributed by atoms with Crippen molar-refractivity contribution in [3.05, 3.63) is 0 Å². The molecule has 0 fully saturated rings. The number of carbonyl (C=O) groups excluding carboxylic acids is 2. The van der Waals surface area contributed by atoms with Gasteiger partial charge < -0.3 is 20.3 Å². The van der Waals surface area contributed by atoms with E-state index in [0.29, 0.717) is 19.3 Å². The number of nitrogens with one attached hydrogen (secondary N) is 1. The smallest absolute Gasteiger partial charge is 0.306 e. The number of ether oxygens (including phenoxy) is 1. The Morgan fingerprint density at radius 2 is 0.724 bits per heavy atom. The number of hydrogen-bond acceptors (Lipinski definition) is 5. The molecule has 0 saturated carbocycles. The Bertz CT molecular complexity index is 837. The number of hydrogen-bond donors (Lipinski definition) is 3. The van der Waals surface area contributed by atoms with Crippen molar-refractivity contribution in [2.45, 2.75) is 315 Å². The van der Waals surface area contributed by atoms with Crippen LogP contribution in [-0.4, -0.2) is 46.9 Å². The second-order valence-electron chi connectivity index (χ2n) is 18.3. The zero-order valence-corrected chi connectivity index (χ0v) is 39.5. The van der Waals surface area contributed by atoms with E-state index in [4.69, 9.17) is 4.74 Å². The second-order valence-corrected chi connectivity index (χ2v) is 18.3. The van der Waals surface area contributed by atoms with E-state index in [9.17, 15) is 19.8 Å². The fraction of sp³-hybridized carbons (Fsp3) is 0.962. The molecule has 58 heavy (non-hydrogen) atoms. The standard InChI is InChI=1S/C52H103NO5/c1-4-7-10-13-16-19-21-23-24-25-26-28-29-32-34-37-40-43-48(58-52(57)45-42-39-36-31-18-15-12-9-6-3)46-51(56)53-49(47-54)50(55)44-41-38-35-33-30-27-22-20-17-14-11-8-5-2/h48-50,54-55H,4-47H2,1-3H3,(H,53,56). The van der Waals surface area contributed by atoms with Crippen LogP contribution in [0.25, 0.3) is 0 Å². The van der Waals surface area contributed by atoms with Crippen LogP contribution in [0, 0.1) is 0 Å². The molecule has 0 aliphatic heterocycles. The summed E-state index contributed by atoms with van der Waals surface area (Å²) in [7, 11) is 0. The average Bonchev–Trinajstić information content (AvgIpc) is 3.22. The van der Waals surface area contributed by atoms with Crippen LogP contribution in [0.2, 0.25) is 0 Å². The highest BCUT2D eigenvalue weighted by Gasteiger charge is 2.24. The topological polar surface area (TPSA) is 95.9 Å². The van der Waals surface area contributed by atoms with Crippen molar-refractivity contribution in [3.8, 4) is 0 Å². The quantitative estimate of drug-likeness (QED) is 0.0420. The van der Waals surface area contributed by atoms with Crippen LogP contribution in [0.3, 0.4) is 0 Å². The number of aliphatic hydroxyl groups is 2. The monoisotopic (exact) mass is 822 g/mol. The third-order valence-electron chi connectivity index (χ3n) is 12.4. The van der Waals surface area contributed by atoms with Gasteiger partial charge in [0.25, 0.3) is 0 Å². The lowest BCUT2D eigenvalue weighted by Crippen LogP contribution is -2.46. The highest BCUT2D eigenvalue weighted by molar-refractivity contribution is 5.77. The zero-order valence-electron chi connectivity index (χ0n) is 39.5. The molecule has 3 atom stereocenters. The van der Waals surface area contributed by atoms with Crippen molar-refractivity contribution in [1.82, 2.24) is 5.32 Å². The van der Waals surface area contributed by atoms with Crippen molar-refractivity contribution in [3.63, 3.8) is 0 Å². The molecular formula is C52H103NO5. The molecule has 1 amide bonds. The summed E-state index contributed by atoms with van der Waals surface area (Å²) in [6.07, 6.45) is 50.2. The average molecular weight is 822 g/mol. The predicted octanol–water partition coefficient (Wildman–Crippen LogP) is 15.6. The van der Waals surface area contributed by atoms with E-state index in [-0.39, 0.29) is 24.9 Å². The molecule has 0 aliphatic carbocycles. The fourth-order valence-electron chi connectivity index (χ4n) is 8.43. The summed E-state index contributed by atoms with van der Waals surface area (Å²) in [6.45, 7) is 6.50. The maximum atomic E-state index is 13.2. The van der Waals surface area contributed by atoms with Gasteiger partial charge in [-0.15, -0.1) is 0 Å². The van der Waals surface area contributed by atoms with Crippen LogP contribution in [0.5, 0.6) is 0 Å². The first-order valence-corrected chi connectivity index (χ1v) is 26.3. The van der Waals surface area contributed by atoms with Crippen LogP contribution in [0.15, 0.2) is 0 Å². The Morgan fingerprint density at radius 1 is 0.431 bits per heavy atom. The number of esters is 1. The van der Waals surface area contributed by atoms with Crippen LogP contribution in [0.4, 0.5) is 0 Å². The molecule has 0 spiro atoms. The van der Waals surface area contributed by atoms with Crippen LogP contribution >= 0.6 is 0 Å². The molecule has 0 aromatic carbocycles. The summed E-state index contributed by atoms with van der Waals surface area (Å²) in [6, 6.07) is -0.691. The van der Waals surface area contributed by atoms with Gasteiger partial charge in [0.1, 0.15) is 6.10 Å². The molecule has 6 nitrogen and oxygen atoms in total. The molecule has 0 aliphatic rings. The SMILES string of the molecule is CCCCCCCCCCCCCCCCCCCC(CC(=O)NC(CO)C(O)CCCCCCCCCCCCCCC)OC(=O)CCCCCCCCCCC. The van der Waals surface area contributed by atoms with E-state index in [2.05, 4.69) is 26.1 Å². The minimum Gasteiger partial charge on any atom is -0.462 e. The van der Waals surface area contributed by atoms with Crippen LogP contribution in [0.1, 0.15) is 297 Å². The molecule has 6 heteroatoms. The second kappa shape index (κ2) is 46.9. The molecule has 0 aromatic rings. The molecule has 3 N–H and O–H groups in total. The maximum absolute atomic E-state index is 13.2. The summed E-state index contributed by atoms with van der Waals surface area (Å²) in [5.74, 6) is -0.454. The van der Waals surface area contributed by atoms with E-state index in [1.165, 1.54) is 205 Å². The molecule has 0 rings (SSSR count). The molecule has 0 saturated heterocycles. The molecule has 3 unspecified atom stereocenters. The summed E-state index contributed by atoms with van der Waals surface area (Å²) in [5.41, 5.74) is 0. The molecule has 0 bridgehead atoms. The largest absolute Gasteiger partial charge is 0.462 e. The van der Waals surface area contributed by atoms with Gasteiger partial charge >= 0.3 is 5.97 Å². The van der Waals surface area contributed by atoms with Crippen molar-refractivity contribution < 1.29 is 24.5 Å². The van der Waals surface area contributed by atoms with Crippen molar-refractivity contribution in [2.24, 2.45) is 0 Å². The lowest BCUT2D eigenvalue weighted by molar-refractivity contribution is -0.151. The summed E-state index contributed by atoms with van der Waals surface area (Å²) in [4.78, 5) is 26.1. The van der Waals surface area contributed by atoms with Gasteiger partial charge in [0.15, 0.2) is 0 Å². The van der Waals surface area contributed by atoms with Gasteiger partial charge in [-0.25, -0.2) is 0 Å². The normalized spacial score (nSPS) is 13.1. The Balaban J connectivity index is 4.46. The number of aliphatic hydroxyl groups excluding tert-OH is 2. The lowest BCUT2D eigenvalue weighted by Gasteiger charge is -2.24. The van der Waals surface area contributed by atoms with E-state index in [1.807, 2.05) is 0 Å². The van der Waals surface area contributed by atoms with E-state index >= 15 is 0 Å². The first-order valence-electron chi connectivity index (χ1n) is 26.3. The van der Waals surface area contributed by atoms with E-state index < -0.39 is 18.2 Å². The van der Waals surface area contributed by atoms with Gasteiger partial charge in [-0.2, -0.15) is 0 Å². The lowest BCUT2D eigenvalue weighted by atomic mass is 10.0. The van der Waals surface area contributed by atoms with E-state index in [0.717, 1.165) is 44.9 Å². The number of carbonyl (C=O) groups is 2. The number of unbranched alkanes of at least 4 members (excludes halogenated alkanes) is 36. The van der Waals surface area contributed by atoms with Gasteiger partial charge in [0.05, 0.1) is 25.2 Å². The number of amides is 1. The third kappa shape index (κ3) is 41.6. The minimum absolute atomic E-state index is 0.0876. The highest BCUT2D eigenvalue weighted by atomic mass is 16.5. The van der Waals surface area contributed by atoms with Crippen molar-refractivity contribution in [2.75, 3.05) is 6.61 Å². The van der Waals surface area contributed by atoms with Gasteiger partial charge in [0, 0.05) is 6.42 Å². The Kier molecular flexibility index (Phi) is 46.0. The molecule has 0 aromatic heterocycles. The molecule has 0 heterocycles. The zero-order chi connectivity index (χ0) is 42.4. The first kappa shape index (κ1) is 56.9. The molecule has 0 radical (unpaired) electrons. The summed E-state index contributed by atoms with van der Waals surface area (Å²) in [5, 5.41) is 23.8. The van der Waals surface area contributed by atoms with Crippen LogP contribution in [-0.2, 0) is 14.3 Å². The van der Waals surface area contributed by atoms with Gasteiger partial charge in [-0.05, 0) is 25.7 Å². The Hall–Kier alpha value is -1.14. The van der Waals surface area contributed by atoms with Crippen LogP contribution < -0.4 is 5.32 Å².